The number of benzene rings is 5. The van der Waals surface area contributed by atoms with E-state index in [4.69, 9.17) is 16.8 Å². The Morgan fingerprint density at radius 1 is 0.764 bits per heavy atom. The number of aryl methyl sites for hydroxylation is 3. The van der Waals surface area contributed by atoms with Crippen molar-refractivity contribution in [1.82, 2.24) is 9.97 Å². The first-order valence-electron chi connectivity index (χ1n) is 23.6. The molecule has 0 amide bonds. The molecule has 0 N–H and O–H groups in total. The van der Waals surface area contributed by atoms with Gasteiger partial charge in [0, 0.05) is 51.6 Å². The number of fused-ring (bicyclic) bond motifs is 6. The van der Waals surface area contributed by atoms with Crippen LogP contribution in [0.15, 0.2) is 108 Å². The molecule has 0 saturated heterocycles. The van der Waals surface area contributed by atoms with Crippen molar-refractivity contribution in [2.24, 2.45) is 5.41 Å². The first-order chi connectivity index (χ1) is 29.8. The minimum atomic E-state index is -2.44. The number of pyridine rings is 2. The Hall–Kier alpha value is -4.63. The molecule has 4 heteroatoms. The van der Waals surface area contributed by atoms with E-state index in [0.29, 0.717) is 57.2 Å². The van der Waals surface area contributed by atoms with E-state index in [1.807, 2.05) is 48.7 Å². The van der Waals surface area contributed by atoms with Crippen molar-refractivity contribution in [3.05, 3.63) is 143 Å². The molecule has 0 bridgehead atoms. The van der Waals surface area contributed by atoms with Gasteiger partial charge in [0.1, 0.15) is 5.58 Å². The van der Waals surface area contributed by atoms with Crippen LogP contribution < -0.4 is 0 Å². The van der Waals surface area contributed by atoms with Crippen molar-refractivity contribution in [3.63, 3.8) is 0 Å². The summed E-state index contributed by atoms with van der Waals surface area (Å²) in [5.74, 6) is -1.08. The van der Waals surface area contributed by atoms with Gasteiger partial charge in [-0.3, -0.25) is 0 Å². The summed E-state index contributed by atoms with van der Waals surface area (Å²) < 4.78 is 87.5. The molecule has 0 atom stereocenters. The predicted molar refractivity (Wildman–Crippen MR) is 227 cm³/mol. The first-order valence-corrected chi connectivity index (χ1v) is 18.6. The van der Waals surface area contributed by atoms with Gasteiger partial charge in [-0.1, -0.05) is 114 Å². The topological polar surface area (TPSA) is 38.9 Å². The molecular formula is C51H50IrN2O-2. The summed E-state index contributed by atoms with van der Waals surface area (Å²) in [4.78, 5) is 9.00. The molecule has 0 unspecified atom stereocenters. The molecule has 1 aliphatic rings. The molecule has 0 spiro atoms. The van der Waals surface area contributed by atoms with Gasteiger partial charge in [-0.05, 0) is 111 Å². The van der Waals surface area contributed by atoms with Crippen molar-refractivity contribution >= 4 is 43.5 Å². The zero-order valence-corrected chi connectivity index (χ0v) is 34.2. The smallest absolute Gasteiger partial charge is 0.121 e. The number of nitrogens with zero attached hydrogens (tertiary/aromatic N) is 2. The second-order valence-electron chi connectivity index (χ2n) is 16.3. The largest absolute Gasteiger partial charge is 0.501 e. The average Bonchev–Trinajstić information content (AvgIpc) is 3.61. The molecular weight excluding hydrogens is 849 g/mol. The minimum absolute atomic E-state index is 0. The molecule has 9 rings (SSSR count). The van der Waals surface area contributed by atoms with Crippen LogP contribution in [0.3, 0.4) is 0 Å². The van der Waals surface area contributed by atoms with Gasteiger partial charge in [0.05, 0.1) is 5.58 Å². The van der Waals surface area contributed by atoms with E-state index >= 15 is 0 Å². The van der Waals surface area contributed by atoms with Crippen LogP contribution >= 0.6 is 0 Å². The molecule has 8 aromatic rings. The average molecular weight is 909 g/mol. The quantitative estimate of drug-likeness (QED) is 0.131. The molecule has 55 heavy (non-hydrogen) atoms. The molecule has 3 nitrogen and oxygen atoms in total. The van der Waals surface area contributed by atoms with Gasteiger partial charge >= 0.3 is 0 Å². The van der Waals surface area contributed by atoms with Crippen LogP contribution in [-0.2, 0) is 25.5 Å². The zero-order valence-electron chi connectivity index (χ0n) is 41.8. The van der Waals surface area contributed by atoms with E-state index in [9.17, 15) is 1.37 Å². The van der Waals surface area contributed by atoms with Crippen LogP contribution in [0.1, 0.15) is 108 Å². The fourth-order valence-electron chi connectivity index (χ4n) is 7.48. The summed E-state index contributed by atoms with van der Waals surface area (Å²) in [6, 6.07) is 34.3. The van der Waals surface area contributed by atoms with Crippen LogP contribution in [-0.4, -0.2) is 9.97 Å². The van der Waals surface area contributed by atoms with Crippen LogP contribution in [0.4, 0.5) is 0 Å². The fourth-order valence-corrected chi connectivity index (χ4v) is 7.48. The van der Waals surface area contributed by atoms with E-state index in [1.54, 1.807) is 18.2 Å². The predicted octanol–water partition coefficient (Wildman–Crippen LogP) is 14.2. The van der Waals surface area contributed by atoms with Gasteiger partial charge in [-0.15, -0.1) is 53.1 Å². The zero-order chi connectivity index (χ0) is 46.2. The second-order valence-corrected chi connectivity index (χ2v) is 16.3. The number of aromatic nitrogens is 2. The van der Waals surface area contributed by atoms with E-state index < -0.39 is 26.4 Å². The third kappa shape index (κ3) is 7.77. The molecule has 1 aliphatic carbocycles. The Morgan fingerprint density at radius 2 is 1.55 bits per heavy atom. The van der Waals surface area contributed by atoms with Crippen molar-refractivity contribution in [2.45, 2.75) is 92.2 Å². The van der Waals surface area contributed by atoms with E-state index in [1.165, 1.54) is 23.9 Å². The third-order valence-electron chi connectivity index (χ3n) is 10.9. The standard InChI is InChI=1S/C35H32NO.C16H18N.Ir/c1-21-9-12-27(31-18-28(22(2)20-36-31)24-13-15-35(3,4)16-14-24)34-33(21)30-17-25-11-10-23-7-5-6-8-26(23)29(25)19-32(30)37-34;1-12-5-7-13(8-6-12)15-10-9-14(11-17-15)16(2,3)4;/h5-11,17-20,24H,13-16H2,1-4H3;5-7,9-11H,1-4H3;/q2*-1;/i1D3,2D3,24D;1D3;. The molecule has 5 aromatic carbocycles. The van der Waals surface area contributed by atoms with Crippen molar-refractivity contribution in [2.75, 3.05) is 0 Å². The maximum atomic E-state index is 9.45. The van der Waals surface area contributed by atoms with Crippen molar-refractivity contribution < 1.29 is 38.2 Å². The van der Waals surface area contributed by atoms with Crippen LogP contribution in [0, 0.1) is 38.1 Å². The van der Waals surface area contributed by atoms with Gasteiger partial charge in [-0.25, -0.2) is 0 Å². The normalized spacial score (nSPS) is 18.5. The molecule has 1 radical (unpaired) electrons. The molecule has 1 fully saturated rings. The Bertz CT molecular complexity index is 2970. The molecule has 1 saturated carbocycles. The minimum Gasteiger partial charge on any atom is -0.501 e. The van der Waals surface area contributed by atoms with Crippen molar-refractivity contribution in [3.8, 4) is 22.5 Å². The molecule has 3 heterocycles. The second kappa shape index (κ2) is 15.1. The van der Waals surface area contributed by atoms with E-state index in [0.717, 1.165) is 45.6 Å². The van der Waals surface area contributed by atoms with Gasteiger partial charge < -0.3 is 14.4 Å². The maximum absolute atomic E-state index is 9.45. The summed E-state index contributed by atoms with van der Waals surface area (Å²) in [6.07, 6.45) is 5.91. The van der Waals surface area contributed by atoms with Gasteiger partial charge in [0.25, 0.3) is 0 Å². The molecule has 0 aliphatic heterocycles. The SMILES string of the molecule is [2H]C([2H])([2H])c1c[c-]c(-c2ccc(C(C)(C)C)cn2)cc1.[2H]C([2H])([2H])c1cnc(-c2[c-]cc(C([2H])([2H])[2H])c3c2oc2cc4c(ccc5ccccc54)cc23)cc1C1([2H])CCC(C)(C)CC1.[Ir]. The Kier molecular flexibility index (Phi) is 7.67. The van der Waals surface area contributed by atoms with Gasteiger partial charge in [0.2, 0.25) is 0 Å². The monoisotopic (exact) mass is 909 g/mol. The van der Waals surface area contributed by atoms with Gasteiger partial charge in [-0.2, -0.15) is 0 Å². The fraction of sp³-hybridized carbons (Fsp3) is 0.294. The summed E-state index contributed by atoms with van der Waals surface area (Å²) >= 11 is 0. The number of hydrogen-bond donors (Lipinski definition) is 0. The van der Waals surface area contributed by atoms with Gasteiger partial charge in [0.15, 0.2) is 0 Å². The Morgan fingerprint density at radius 3 is 2.25 bits per heavy atom. The number of rotatable bonds is 3. The van der Waals surface area contributed by atoms with Crippen LogP contribution in [0.2, 0.25) is 0 Å². The Balaban J connectivity index is 0.000000253. The molecule has 281 valence electrons. The number of hydrogen-bond acceptors (Lipinski definition) is 3. The molecule has 3 aromatic heterocycles. The number of furan rings is 1. The Labute approximate surface area is 354 Å². The van der Waals surface area contributed by atoms with E-state index in [2.05, 4.69) is 74.9 Å². The maximum Gasteiger partial charge on any atom is 0.121 e. The summed E-state index contributed by atoms with van der Waals surface area (Å²) in [6.45, 7) is 3.84. The summed E-state index contributed by atoms with van der Waals surface area (Å²) in [5, 5.41) is 5.26. The van der Waals surface area contributed by atoms with E-state index in [-0.39, 0.29) is 42.1 Å². The summed E-state index contributed by atoms with van der Waals surface area (Å²) in [5.41, 5.74) is 5.59. The van der Waals surface area contributed by atoms with Crippen LogP contribution in [0.25, 0.3) is 66.0 Å². The van der Waals surface area contributed by atoms with Crippen molar-refractivity contribution in [1.29, 1.82) is 0 Å². The van der Waals surface area contributed by atoms with Crippen LogP contribution in [0.5, 0.6) is 0 Å². The summed E-state index contributed by atoms with van der Waals surface area (Å²) in [7, 11) is 0. The third-order valence-corrected chi connectivity index (χ3v) is 10.9. The first kappa shape index (κ1) is 27.9.